The van der Waals surface area contributed by atoms with Crippen LogP contribution in [0.25, 0.3) is 11.1 Å². The summed E-state index contributed by atoms with van der Waals surface area (Å²) in [5.41, 5.74) is 16.9. The summed E-state index contributed by atoms with van der Waals surface area (Å²) in [4.78, 5) is 23.2. The average molecular weight is 700 g/mol. The first-order valence-corrected chi connectivity index (χ1v) is 15.5. The van der Waals surface area contributed by atoms with E-state index in [1.807, 2.05) is 6.07 Å². The average Bonchev–Trinajstić information content (AvgIpc) is 3.48. The zero-order chi connectivity index (χ0) is 35.9. The summed E-state index contributed by atoms with van der Waals surface area (Å²) in [6, 6.07) is 13.6. The standard InChI is InChI=1S/C33H37N3O14/c1-44-19-8-7-16-18-12-46-20-10-15(9-17(13-3-5-14(36-43)6-4-13)23(20)27(18)49-28(16)29(19)45-2)47-33-26(42)24(40)25(41)30(50-33)31(32(34)35)48-22(39)11-21(37)38/h3-10,18,24-27,30-33,36,40-43H,11-12,34-35H2,1-2H3,(H,37,38)/t18-,24-,25-,26+,27+,30-,31-,33+/m0/s1. The highest BCUT2D eigenvalue weighted by Crippen LogP contribution is 2.58. The van der Waals surface area contributed by atoms with Crippen LogP contribution in [0.15, 0.2) is 48.5 Å². The Kier molecular flexibility index (Phi) is 9.90. The van der Waals surface area contributed by atoms with Gasteiger partial charge in [0.25, 0.3) is 0 Å². The Morgan fingerprint density at radius 1 is 1.00 bits per heavy atom. The minimum Gasteiger partial charge on any atom is -0.493 e. The number of carbonyl (C=O) groups excluding carboxylic acids is 1. The highest BCUT2D eigenvalue weighted by atomic mass is 16.7. The number of aliphatic hydroxyl groups is 3. The Labute approximate surface area is 284 Å². The smallest absolute Gasteiger partial charge is 0.317 e. The third kappa shape index (κ3) is 6.42. The van der Waals surface area contributed by atoms with Gasteiger partial charge in [0.1, 0.15) is 48.4 Å². The number of anilines is 1. The van der Waals surface area contributed by atoms with E-state index in [1.54, 1.807) is 42.5 Å². The van der Waals surface area contributed by atoms with E-state index in [4.69, 9.17) is 49.7 Å². The second kappa shape index (κ2) is 14.2. The van der Waals surface area contributed by atoms with Gasteiger partial charge in [-0.15, -0.1) is 0 Å². The van der Waals surface area contributed by atoms with Gasteiger partial charge < -0.3 is 65.1 Å². The number of hydrogen-bond acceptors (Lipinski definition) is 16. The van der Waals surface area contributed by atoms with E-state index in [-0.39, 0.29) is 18.3 Å². The fourth-order valence-electron chi connectivity index (χ4n) is 6.42. The van der Waals surface area contributed by atoms with E-state index in [1.165, 1.54) is 14.2 Å². The van der Waals surface area contributed by atoms with Crippen molar-refractivity contribution in [1.82, 2.24) is 0 Å². The van der Waals surface area contributed by atoms with E-state index in [9.17, 15) is 30.1 Å². The van der Waals surface area contributed by atoms with Gasteiger partial charge in [-0.2, -0.15) is 0 Å². The molecule has 3 aromatic carbocycles. The summed E-state index contributed by atoms with van der Waals surface area (Å²) in [6.45, 7) is 0.212. The number of esters is 1. The van der Waals surface area contributed by atoms with Crippen molar-refractivity contribution in [2.24, 2.45) is 11.5 Å². The maximum absolute atomic E-state index is 12.2. The van der Waals surface area contributed by atoms with Crippen molar-refractivity contribution in [3.63, 3.8) is 0 Å². The number of rotatable bonds is 11. The molecule has 0 amide bonds. The van der Waals surface area contributed by atoms with Crippen molar-refractivity contribution in [3.8, 4) is 39.9 Å². The zero-order valence-corrected chi connectivity index (χ0v) is 26.8. The third-order valence-corrected chi connectivity index (χ3v) is 8.81. The maximum Gasteiger partial charge on any atom is 0.317 e. The van der Waals surface area contributed by atoms with Crippen LogP contribution in [0.2, 0.25) is 0 Å². The number of fused-ring (bicyclic) bond motifs is 5. The number of ether oxygens (including phenoxy) is 7. The Morgan fingerprint density at radius 2 is 1.74 bits per heavy atom. The van der Waals surface area contributed by atoms with Gasteiger partial charge in [-0.05, 0) is 35.4 Å². The van der Waals surface area contributed by atoms with Crippen molar-refractivity contribution in [3.05, 3.63) is 59.7 Å². The molecule has 10 N–H and O–H groups in total. The molecule has 268 valence electrons. The van der Waals surface area contributed by atoms with E-state index in [0.717, 1.165) is 5.56 Å². The number of aliphatic carboxylic acids is 1. The van der Waals surface area contributed by atoms with Gasteiger partial charge in [-0.25, -0.2) is 0 Å². The number of aliphatic hydroxyl groups excluding tert-OH is 3. The lowest BCUT2D eigenvalue weighted by Crippen LogP contribution is -2.66. The largest absolute Gasteiger partial charge is 0.493 e. The SMILES string of the molecule is COc1ccc2c(c1OC)O[C@H]1c3c(cc(O[C@@H]4O[C@H]([C@H](OC(=O)CC(=O)O)C(N)N)[C@@H](O)[C@H](O)[C@H]4O)cc3-c3ccc(NO)cc3)OC[C@@H]21. The first kappa shape index (κ1) is 35.0. The molecule has 0 aromatic heterocycles. The molecule has 0 bridgehead atoms. The van der Waals surface area contributed by atoms with Crippen LogP contribution >= 0.6 is 0 Å². The minimum absolute atomic E-state index is 0.0965. The van der Waals surface area contributed by atoms with Gasteiger partial charge in [-0.3, -0.25) is 20.3 Å². The lowest BCUT2D eigenvalue weighted by molar-refractivity contribution is -0.291. The molecule has 0 aliphatic carbocycles. The van der Waals surface area contributed by atoms with E-state index in [0.29, 0.717) is 45.4 Å². The van der Waals surface area contributed by atoms with E-state index >= 15 is 0 Å². The van der Waals surface area contributed by atoms with Crippen molar-refractivity contribution in [2.45, 2.75) is 61.4 Å². The topological polar surface area (TPSA) is 264 Å². The van der Waals surface area contributed by atoms with Crippen LogP contribution in [0.1, 0.15) is 29.6 Å². The highest BCUT2D eigenvalue weighted by molar-refractivity contribution is 5.90. The van der Waals surface area contributed by atoms with Crippen LogP contribution in [-0.4, -0.2) is 101 Å². The fourth-order valence-corrected chi connectivity index (χ4v) is 6.42. The molecule has 1 fully saturated rings. The van der Waals surface area contributed by atoms with E-state index in [2.05, 4.69) is 5.48 Å². The van der Waals surface area contributed by atoms with Crippen LogP contribution in [-0.2, 0) is 19.1 Å². The molecule has 1 saturated heterocycles. The molecule has 0 radical (unpaired) electrons. The summed E-state index contributed by atoms with van der Waals surface area (Å²) >= 11 is 0. The first-order chi connectivity index (χ1) is 23.9. The molecule has 3 heterocycles. The predicted molar refractivity (Wildman–Crippen MR) is 170 cm³/mol. The molecule has 3 aromatic rings. The molecule has 8 atom stereocenters. The number of hydrogen-bond donors (Lipinski definition) is 8. The second-order valence-corrected chi connectivity index (χ2v) is 11.9. The number of methoxy groups -OCH3 is 2. The van der Waals surface area contributed by atoms with Gasteiger partial charge in [0, 0.05) is 17.2 Å². The van der Waals surface area contributed by atoms with Gasteiger partial charge >= 0.3 is 11.9 Å². The molecule has 3 aliphatic heterocycles. The van der Waals surface area contributed by atoms with Gasteiger partial charge in [0.15, 0.2) is 17.6 Å². The zero-order valence-electron chi connectivity index (χ0n) is 26.8. The van der Waals surface area contributed by atoms with Crippen molar-refractivity contribution in [2.75, 3.05) is 26.3 Å². The molecule has 17 heteroatoms. The Hall–Kier alpha value is -4.88. The Balaban J connectivity index is 1.37. The van der Waals surface area contributed by atoms with Crippen LogP contribution in [0.5, 0.6) is 28.7 Å². The summed E-state index contributed by atoms with van der Waals surface area (Å²) in [7, 11) is 3.05. The molecule has 0 saturated carbocycles. The molecular formula is C33H37N3O14. The third-order valence-electron chi connectivity index (χ3n) is 8.81. The normalized spacial score (nSPS) is 25.6. The maximum atomic E-state index is 12.2. The van der Waals surface area contributed by atoms with Crippen LogP contribution < -0.4 is 40.6 Å². The molecular weight excluding hydrogens is 662 g/mol. The van der Waals surface area contributed by atoms with E-state index < -0.39 is 67.4 Å². The van der Waals surface area contributed by atoms with Crippen LogP contribution in [0.3, 0.4) is 0 Å². The number of nitrogens with two attached hydrogens (primary N) is 2. The fraction of sp³-hybridized carbons (Fsp3) is 0.394. The molecule has 6 rings (SSSR count). The molecule has 3 aliphatic rings. The number of carboxylic acid groups (broad SMARTS) is 1. The lowest BCUT2D eigenvalue weighted by Gasteiger charge is -2.43. The van der Waals surface area contributed by atoms with Crippen molar-refractivity contribution in [1.29, 1.82) is 0 Å². The summed E-state index contributed by atoms with van der Waals surface area (Å²) in [6.07, 6.45) is -13.6. The minimum atomic E-state index is -1.89. The Morgan fingerprint density at radius 3 is 2.38 bits per heavy atom. The summed E-state index contributed by atoms with van der Waals surface area (Å²) in [5, 5.41) is 50.8. The quantitative estimate of drug-likeness (QED) is 0.0589. The molecule has 0 spiro atoms. The number of benzene rings is 3. The van der Waals surface area contributed by atoms with Crippen LogP contribution in [0, 0.1) is 0 Å². The predicted octanol–water partition coefficient (Wildman–Crippen LogP) is 0.598. The monoisotopic (exact) mass is 699 g/mol. The lowest BCUT2D eigenvalue weighted by atomic mass is 9.85. The van der Waals surface area contributed by atoms with Gasteiger partial charge in [0.2, 0.25) is 12.0 Å². The van der Waals surface area contributed by atoms with Crippen molar-refractivity contribution < 1.29 is 68.4 Å². The van der Waals surface area contributed by atoms with Crippen molar-refractivity contribution >= 4 is 17.6 Å². The molecule has 50 heavy (non-hydrogen) atoms. The summed E-state index contributed by atoms with van der Waals surface area (Å²) in [5.74, 6) is -1.03. The van der Waals surface area contributed by atoms with Gasteiger partial charge in [-0.1, -0.05) is 18.2 Å². The number of carboxylic acids is 1. The summed E-state index contributed by atoms with van der Waals surface area (Å²) < 4.78 is 40.9. The van der Waals surface area contributed by atoms with Crippen LogP contribution in [0.4, 0.5) is 5.69 Å². The molecule has 17 nitrogen and oxygen atoms in total. The molecule has 0 unspecified atom stereocenters. The van der Waals surface area contributed by atoms with Gasteiger partial charge in [0.05, 0.1) is 38.6 Å². The second-order valence-electron chi connectivity index (χ2n) is 11.9. The highest BCUT2D eigenvalue weighted by Gasteiger charge is 2.50. The number of carbonyl (C=O) groups is 2. The number of nitrogens with one attached hydrogen (secondary N) is 1. The Bertz CT molecular complexity index is 1740. The first-order valence-electron chi connectivity index (χ1n) is 15.5.